The molecule has 2 aromatic heterocycles. The van der Waals surface area contributed by atoms with E-state index in [1.165, 1.54) is 43.7 Å². The van der Waals surface area contributed by atoms with Gasteiger partial charge in [0.25, 0.3) is 0 Å². The Morgan fingerprint density at radius 1 is 1.26 bits per heavy atom. The molecule has 0 spiro atoms. The number of benzene rings is 1. The Morgan fingerprint density at radius 3 is 2.68 bits per heavy atom. The van der Waals surface area contributed by atoms with Crippen LogP contribution in [-0.4, -0.2) is 48.9 Å². The number of thiophene rings is 1. The van der Waals surface area contributed by atoms with Crippen LogP contribution < -0.4 is 15.8 Å². The molecule has 9 nitrogen and oxygen atoms in total. The maximum absolute atomic E-state index is 9.54. The lowest BCUT2D eigenvalue weighted by Crippen LogP contribution is -2.12. The van der Waals surface area contributed by atoms with Gasteiger partial charge in [0, 0.05) is 35.5 Å². The van der Waals surface area contributed by atoms with Crippen molar-refractivity contribution in [3.05, 3.63) is 34.5 Å². The third-order valence-electron chi connectivity index (χ3n) is 5.00. The largest absolute Gasteiger partial charge is 0.494 e. The zero-order chi connectivity index (χ0) is 22.4. The molecule has 1 aliphatic rings. The lowest BCUT2D eigenvalue weighted by atomic mass is 9.97. The van der Waals surface area contributed by atoms with Crippen molar-refractivity contribution in [1.29, 1.82) is 5.41 Å². The van der Waals surface area contributed by atoms with Crippen molar-refractivity contribution in [2.75, 3.05) is 32.3 Å². The van der Waals surface area contributed by atoms with Crippen LogP contribution in [0.25, 0.3) is 10.2 Å². The Morgan fingerprint density at radius 2 is 2.03 bits per heavy atom. The fourth-order valence-corrected chi connectivity index (χ4v) is 4.59. The van der Waals surface area contributed by atoms with E-state index < -0.39 is 0 Å². The predicted octanol–water partition coefficient (Wildman–Crippen LogP) is 3.54. The van der Waals surface area contributed by atoms with Crippen LogP contribution in [0, 0.1) is 5.41 Å². The quantitative estimate of drug-likeness (QED) is 0.231. The van der Waals surface area contributed by atoms with Gasteiger partial charge in [0.1, 0.15) is 22.7 Å². The molecule has 0 bridgehead atoms. The summed E-state index contributed by atoms with van der Waals surface area (Å²) in [6.07, 6.45) is 8.05. The van der Waals surface area contributed by atoms with Crippen molar-refractivity contribution < 1.29 is 14.4 Å². The molecular formula is C21H26N6O3S. The number of hydroxylamine groups is 2. The highest BCUT2D eigenvalue weighted by Gasteiger charge is 2.20. The van der Waals surface area contributed by atoms with Gasteiger partial charge in [-0.15, -0.1) is 11.3 Å². The summed E-state index contributed by atoms with van der Waals surface area (Å²) in [6.45, 7) is 0. The standard InChI is InChI=1S/C18H19N5OS.C3H7NO2/c1-24-14-7-12(20)10(8-19)6-13(14)23-17-16-11-4-2-3-5-15(11)25-18(16)22-9-21-17;1-4(3-5)6-2/h6-9,19H,2-5,20H2,1H3,(H,21,22,23);3H,1-2H3. The van der Waals surface area contributed by atoms with Crippen LogP contribution in [0.4, 0.5) is 17.2 Å². The summed E-state index contributed by atoms with van der Waals surface area (Å²) in [5, 5.41) is 13.1. The van der Waals surface area contributed by atoms with Gasteiger partial charge in [-0.1, -0.05) is 0 Å². The van der Waals surface area contributed by atoms with E-state index in [-0.39, 0.29) is 0 Å². The van der Waals surface area contributed by atoms with E-state index in [0.717, 1.165) is 39.6 Å². The van der Waals surface area contributed by atoms with Crippen LogP contribution in [0.5, 0.6) is 5.75 Å². The number of nitrogens with two attached hydrogens (primary N) is 1. The molecule has 31 heavy (non-hydrogen) atoms. The molecule has 0 radical (unpaired) electrons. The number of ether oxygens (including phenoxy) is 1. The second-order valence-corrected chi connectivity index (χ2v) is 7.98. The summed E-state index contributed by atoms with van der Waals surface area (Å²) in [5.41, 5.74) is 9.22. The summed E-state index contributed by atoms with van der Waals surface area (Å²) >= 11 is 1.77. The van der Waals surface area contributed by atoms with Crippen molar-refractivity contribution in [2.45, 2.75) is 25.7 Å². The zero-order valence-corrected chi connectivity index (χ0v) is 18.6. The van der Waals surface area contributed by atoms with Crippen LogP contribution in [-0.2, 0) is 22.5 Å². The van der Waals surface area contributed by atoms with E-state index in [4.69, 9.17) is 15.9 Å². The van der Waals surface area contributed by atoms with Gasteiger partial charge < -0.3 is 21.2 Å². The molecule has 2 heterocycles. The van der Waals surface area contributed by atoms with Gasteiger partial charge in [-0.3, -0.25) is 9.63 Å². The third-order valence-corrected chi connectivity index (χ3v) is 6.20. The van der Waals surface area contributed by atoms with Crippen molar-refractivity contribution >= 4 is 51.4 Å². The highest BCUT2D eigenvalue weighted by molar-refractivity contribution is 7.19. The van der Waals surface area contributed by atoms with Gasteiger partial charge in [0.05, 0.1) is 25.3 Å². The number of nitrogens with one attached hydrogen (secondary N) is 2. The molecule has 1 aliphatic carbocycles. The normalized spacial score (nSPS) is 12.4. The van der Waals surface area contributed by atoms with E-state index in [1.807, 2.05) is 6.07 Å². The second kappa shape index (κ2) is 10.2. The van der Waals surface area contributed by atoms with E-state index >= 15 is 0 Å². The van der Waals surface area contributed by atoms with Crippen LogP contribution in [0.2, 0.25) is 0 Å². The minimum atomic E-state index is 0.512. The number of fused-ring (bicyclic) bond motifs is 3. The summed E-state index contributed by atoms with van der Waals surface area (Å²) in [7, 11) is 4.55. The number of nitrogens with zero attached hydrogens (tertiary/aromatic N) is 3. The van der Waals surface area contributed by atoms with Gasteiger partial charge >= 0.3 is 0 Å². The van der Waals surface area contributed by atoms with Crippen molar-refractivity contribution in [3.8, 4) is 5.75 Å². The number of hydrogen-bond acceptors (Lipinski definition) is 9. The molecule has 4 N–H and O–H groups in total. The summed E-state index contributed by atoms with van der Waals surface area (Å²) < 4.78 is 5.45. The molecule has 3 aromatic rings. The molecule has 0 atom stereocenters. The topological polar surface area (TPSA) is 126 Å². The van der Waals surface area contributed by atoms with Crippen molar-refractivity contribution in [2.24, 2.45) is 0 Å². The molecule has 164 valence electrons. The Balaban J connectivity index is 0.000000401. The van der Waals surface area contributed by atoms with Crippen LogP contribution in [0.1, 0.15) is 28.8 Å². The first-order valence-corrected chi connectivity index (χ1v) is 10.6. The van der Waals surface area contributed by atoms with E-state index in [2.05, 4.69) is 20.1 Å². The smallest absolute Gasteiger partial charge is 0.233 e. The molecule has 0 saturated carbocycles. The van der Waals surface area contributed by atoms with Gasteiger partial charge in [-0.2, -0.15) is 0 Å². The molecule has 0 unspecified atom stereocenters. The summed E-state index contributed by atoms with van der Waals surface area (Å²) in [6, 6.07) is 3.54. The van der Waals surface area contributed by atoms with Crippen LogP contribution in [0.15, 0.2) is 18.5 Å². The predicted molar refractivity (Wildman–Crippen MR) is 123 cm³/mol. The zero-order valence-electron chi connectivity index (χ0n) is 17.8. The minimum absolute atomic E-state index is 0.512. The maximum atomic E-state index is 9.54. The molecule has 1 amide bonds. The highest BCUT2D eigenvalue weighted by atomic mass is 32.1. The maximum Gasteiger partial charge on any atom is 0.233 e. The molecule has 0 saturated heterocycles. The Labute approximate surface area is 184 Å². The van der Waals surface area contributed by atoms with Gasteiger partial charge in [-0.25, -0.2) is 15.0 Å². The van der Waals surface area contributed by atoms with E-state index in [1.54, 1.807) is 30.8 Å². The average Bonchev–Trinajstić information content (AvgIpc) is 3.19. The minimum Gasteiger partial charge on any atom is -0.494 e. The monoisotopic (exact) mass is 442 g/mol. The summed E-state index contributed by atoms with van der Waals surface area (Å²) in [4.78, 5) is 25.3. The average molecular weight is 443 g/mol. The lowest BCUT2D eigenvalue weighted by Gasteiger charge is -2.15. The van der Waals surface area contributed by atoms with Crippen molar-refractivity contribution in [3.63, 3.8) is 0 Å². The Hall–Kier alpha value is -3.24. The fourth-order valence-electron chi connectivity index (χ4n) is 3.36. The molecule has 4 rings (SSSR count). The lowest BCUT2D eigenvalue weighted by molar-refractivity contribution is -0.153. The number of nitrogen functional groups attached to an aromatic ring is 1. The highest BCUT2D eigenvalue weighted by Crippen LogP contribution is 2.40. The van der Waals surface area contributed by atoms with Crippen LogP contribution >= 0.6 is 11.3 Å². The molecule has 0 fully saturated rings. The molecule has 0 aliphatic heterocycles. The number of carbonyl (C=O) groups excluding carboxylic acids is 1. The number of anilines is 3. The Bertz CT molecular complexity index is 1080. The fraction of sp³-hybridized carbons (Fsp3) is 0.333. The number of aryl methyl sites for hydroxylation is 2. The first-order chi connectivity index (χ1) is 15.0. The van der Waals surface area contributed by atoms with Crippen LogP contribution in [0.3, 0.4) is 0 Å². The Kier molecular flexibility index (Phi) is 7.37. The van der Waals surface area contributed by atoms with E-state index in [9.17, 15) is 4.79 Å². The number of carbonyl (C=O) groups is 1. The number of hydrogen-bond donors (Lipinski definition) is 3. The first-order valence-electron chi connectivity index (χ1n) is 9.74. The molecule has 10 heteroatoms. The summed E-state index contributed by atoms with van der Waals surface area (Å²) in [5.74, 6) is 1.40. The molecular weight excluding hydrogens is 416 g/mol. The van der Waals surface area contributed by atoms with Gasteiger partial charge in [-0.05, 0) is 37.3 Å². The number of amides is 1. The number of methoxy groups -OCH3 is 1. The number of aromatic nitrogens is 2. The SMILES string of the molecule is CON(C)C=O.COc1cc(N)c(C=N)cc1Nc1ncnc2sc3c(c12)CCCC3. The second-order valence-electron chi connectivity index (χ2n) is 6.90. The van der Waals surface area contributed by atoms with Gasteiger partial charge in [0.15, 0.2) is 0 Å². The number of rotatable bonds is 6. The molecule has 1 aromatic carbocycles. The van der Waals surface area contributed by atoms with E-state index in [0.29, 0.717) is 23.4 Å². The van der Waals surface area contributed by atoms with Crippen molar-refractivity contribution in [1.82, 2.24) is 15.0 Å². The first kappa shape index (κ1) is 22.4. The third kappa shape index (κ3) is 4.92. The van der Waals surface area contributed by atoms with Gasteiger partial charge in [0.2, 0.25) is 6.41 Å².